The summed E-state index contributed by atoms with van der Waals surface area (Å²) in [5.74, 6) is -1.96. The van der Waals surface area contributed by atoms with Crippen molar-refractivity contribution < 1.29 is 19.4 Å². The van der Waals surface area contributed by atoms with E-state index in [1.54, 1.807) is 19.2 Å². The van der Waals surface area contributed by atoms with Gasteiger partial charge in [-0.3, -0.25) is 9.59 Å². The molecular weight excluding hydrogens is 280 g/mol. The van der Waals surface area contributed by atoms with Crippen LogP contribution in [0.25, 0.3) is 0 Å². The molecule has 2 aliphatic carbocycles. The van der Waals surface area contributed by atoms with Gasteiger partial charge in [0.05, 0.1) is 11.5 Å². The highest BCUT2D eigenvalue weighted by Crippen LogP contribution is 2.51. The number of aliphatic carboxylic acids is 1. The van der Waals surface area contributed by atoms with E-state index in [-0.39, 0.29) is 11.4 Å². The first-order valence-corrected chi connectivity index (χ1v) is 6.98. The van der Waals surface area contributed by atoms with Gasteiger partial charge in [0.15, 0.2) is 5.78 Å². The van der Waals surface area contributed by atoms with Crippen LogP contribution in [0.3, 0.4) is 0 Å². The molecule has 2 atom stereocenters. The molecule has 1 aromatic carbocycles. The maximum Gasteiger partial charge on any atom is 0.307 e. The molecule has 0 radical (unpaired) electrons. The minimum Gasteiger partial charge on any atom is -0.481 e. The molecule has 5 heteroatoms. The van der Waals surface area contributed by atoms with Gasteiger partial charge in [-0.05, 0) is 25.3 Å². The van der Waals surface area contributed by atoms with Crippen molar-refractivity contribution in [3.8, 4) is 0 Å². The topological polar surface area (TPSA) is 63.6 Å². The zero-order valence-corrected chi connectivity index (χ0v) is 11.8. The summed E-state index contributed by atoms with van der Waals surface area (Å²) >= 11 is 6.25. The van der Waals surface area contributed by atoms with E-state index in [0.29, 0.717) is 17.0 Å². The van der Waals surface area contributed by atoms with Crippen molar-refractivity contribution >= 4 is 23.4 Å². The largest absolute Gasteiger partial charge is 0.481 e. The fourth-order valence-electron chi connectivity index (χ4n) is 2.71. The number of carboxylic acids is 1. The predicted molar refractivity (Wildman–Crippen MR) is 72.9 cm³/mol. The Morgan fingerprint density at radius 2 is 2.05 bits per heavy atom. The number of methoxy groups -OCH3 is 1. The number of rotatable bonds is 5. The quantitative estimate of drug-likeness (QED) is 0.848. The minimum absolute atomic E-state index is 0.131. The van der Waals surface area contributed by atoms with Crippen LogP contribution in [0.2, 0.25) is 5.02 Å². The predicted octanol–water partition coefficient (Wildman–Crippen LogP) is 2.88. The summed E-state index contributed by atoms with van der Waals surface area (Å²) in [5, 5.41) is 9.39. The first-order chi connectivity index (χ1) is 9.48. The number of hydrogen-bond acceptors (Lipinski definition) is 3. The van der Waals surface area contributed by atoms with E-state index in [9.17, 15) is 9.59 Å². The van der Waals surface area contributed by atoms with Gasteiger partial charge in [0.2, 0.25) is 0 Å². The Kier molecular flexibility index (Phi) is 3.10. The van der Waals surface area contributed by atoms with E-state index in [4.69, 9.17) is 21.4 Å². The maximum absolute atomic E-state index is 12.2. The SMILES string of the molecule is COC1(c2ccc(C(=O)[C@H]3C[C@@H]3C(=O)O)cc2Cl)CC1. The number of benzene rings is 1. The normalized spacial score (nSPS) is 26.1. The van der Waals surface area contributed by atoms with Crippen molar-refractivity contribution in [1.82, 2.24) is 0 Å². The Hall–Kier alpha value is -1.39. The van der Waals surface area contributed by atoms with Crippen molar-refractivity contribution in [1.29, 1.82) is 0 Å². The first kappa shape index (κ1) is 13.6. The molecule has 0 saturated heterocycles. The lowest BCUT2D eigenvalue weighted by Crippen LogP contribution is -2.12. The van der Waals surface area contributed by atoms with Crippen molar-refractivity contribution in [2.75, 3.05) is 7.11 Å². The zero-order chi connectivity index (χ0) is 14.5. The summed E-state index contributed by atoms with van der Waals surface area (Å²) in [5.41, 5.74) is 1.10. The van der Waals surface area contributed by atoms with Crippen molar-refractivity contribution in [2.24, 2.45) is 11.8 Å². The molecular formula is C15H15ClO4. The second kappa shape index (κ2) is 4.57. The summed E-state index contributed by atoms with van der Waals surface area (Å²) in [6.45, 7) is 0. The number of ether oxygens (including phenoxy) is 1. The van der Waals surface area contributed by atoms with Crippen LogP contribution in [0, 0.1) is 11.8 Å². The Balaban J connectivity index is 1.81. The van der Waals surface area contributed by atoms with Gasteiger partial charge in [-0.2, -0.15) is 0 Å². The van der Waals surface area contributed by atoms with E-state index in [2.05, 4.69) is 0 Å². The Morgan fingerprint density at radius 3 is 2.50 bits per heavy atom. The molecule has 0 aromatic heterocycles. The van der Waals surface area contributed by atoms with Crippen LogP contribution in [-0.2, 0) is 15.1 Å². The van der Waals surface area contributed by atoms with Gasteiger partial charge in [0, 0.05) is 29.2 Å². The molecule has 0 heterocycles. The molecule has 20 heavy (non-hydrogen) atoms. The molecule has 2 aliphatic rings. The highest BCUT2D eigenvalue weighted by molar-refractivity contribution is 6.32. The molecule has 1 N–H and O–H groups in total. The lowest BCUT2D eigenvalue weighted by atomic mass is 10.0. The number of hydrogen-bond donors (Lipinski definition) is 1. The average molecular weight is 295 g/mol. The Labute approximate surface area is 121 Å². The van der Waals surface area contributed by atoms with Crippen LogP contribution in [-0.4, -0.2) is 24.0 Å². The highest BCUT2D eigenvalue weighted by Gasteiger charge is 2.49. The lowest BCUT2D eigenvalue weighted by Gasteiger charge is -2.16. The summed E-state index contributed by atoms with van der Waals surface area (Å²) in [4.78, 5) is 23.0. The molecule has 0 spiro atoms. The van der Waals surface area contributed by atoms with Gasteiger partial charge >= 0.3 is 5.97 Å². The third-order valence-corrected chi connectivity index (χ3v) is 4.60. The minimum atomic E-state index is -0.901. The number of Topliss-reactive ketones (excluding diaryl/α,β-unsaturated/α-hetero) is 1. The Morgan fingerprint density at radius 1 is 1.35 bits per heavy atom. The lowest BCUT2D eigenvalue weighted by molar-refractivity contribution is -0.138. The van der Waals surface area contributed by atoms with Gasteiger partial charge in [-0.25, -0.2) is 0 Å². The molecule has 2 saturated carbocycles. The molecule has 3 rings (SSSR count). The second-order valence-electron chi connectivity index (χ2n) is 5.54. The van der Waals surface area contributed by atoms with Gasteiger partial charge < -0.3 is 9.84 Å². The van der Waals surface area contributed by atoms with E-state index >= 15 is 0 Å². The van der Waals surface area contributed by atoms with Crippen molar-refractivity contribution in [3.05, 3.63) is 34.3 Å². The third-order valence-electron chi connectivity index (χ3n) is 4.28. The number of carboxylic acid groups (broad SMARTS) is 1. The molecule has 0 unspecified atom stereocenters. The maximum atomic E-state index is 12.2. The van der Waals surface area contributed by atoms with E-state index in [1.807, 2.05) is 6.07 Å². The van der Waals surface area contributed by atoms with Crippen LogP contribution in [0.15, 0.2) is 18.2 Å². The zero-order valence-electron chi connectivity index (χ0n) is 11.1. The fraction of sp³-hybridized carbons (Fsp3) is 0.467. The summed E-state index contributed by atoms with van der Waals surface area (Å²) in [6, 6.07) is 5.18. The molecule has 1 aromatic rings. The van der Waals surface area contributed by atoms with Crippen molar-refractivity contribution in [2.45, 2.75) is 24.9 Å². The first-order valence-electron chi connectivity index (χ1n) is 6.61. The molecule has 106 valence electrons. The van der Waals surface area contributed by atoms with Crippen LogP contribution in [0.5, 0.6) is 0 Å². The van der Waals surface area contributed by atoms with E-state index in [0.717, 1.165) is 18.4 Å². The monoisotopic (exact) mass is 294 g/mol. The molecule has 0 bridgehead atoms. The van der Waals surface area contributed by atoms with Crippen LogP contribution in [0.4, 0.5) is 0 Å². The Bertz CT molecular complexity index is 592. The van der Waals surface area contributed by atoms with Gasteiger partial charge in [0.25, 0.3) is 0 Å². The van der Waals surface area contributed by atoms with Gasteiger partial charge in [-0.15, -0.1) is 0 Å². The summed E-state index contributed by atoms with van der Waals surface area (Å²) in [7, 11) is 1.66. The van der Waals surface area contributed by atoms with Gasteiger partial charge in [0.1, 0.15) is 0 Å². The van der Waals surface area contributed by atoms with Crippen LogP contribution in [0.1, 0.15) is 35.2 Å². The number of carbonyl (C=O) groups excluding carboxylic acids is 1. The average Bonchev–Trinajstić information content (AvgIpc) is 3.30. The summed E-state index contributed by atoms with van der Waals surface area (Å²) in [6.07, 6.45) is 2.29. The van der Waals surface area contributed by atoms with E-state index in [1.165, 1.54) is 0 Å². The smallest absolute Gasteiger partial charge is 0.307 e. The highest BCUT2D eigenvalue weighted by atomic mass is 35.5. The fourth-order valence-corrected chi connectivity index (χ4v) is 3.06. The number of halogens is 1. The molecule has 0 amide bonds. The second-order valence-corrected chi connectivity index (χ2v) is 5.95. The molecule has 0 aliphatic heterocycles. The molecule has 4 nitrogen and oxygen atoms in total. The van der Waals surface area contributed by atoms with Crippen LogP contribution < -0.4 is 0 Å². The van der Waals surface area contributed by atoms with Gasteiger partial charge in [-0.1, -0.05) is 23.7 Å². The van der Waals surface area contributed by atoms with E-state index < -0.39 is 17.8 Å². The van der Waals surface area contributed by atoms with Crippen LogP contribution >= 0.6 is 11.6 Å². The summed E-state index contributed by atoms with van der Waals surface area (Å²) < 4.78 is 5.48. The standard InChI is InChI=1S/C15H15ClO4/c1-20-15(4-5-15)11-3-2-8(6-12(11)16)13(17)9-7-10(9)14(18)19/h2-3,6,9-10H,4-5,7H2,1H3,(H,18,19)/t9-,10-/m0/s1. The third kappa shape index (κ3) is 2.13. The molecule has 2 fully saturated rings. The van der Waals surface area contributed by atoms with Crippen molar-refractivity contribution in [3.63, 3.8) is 0 Å². The number of carbonyl (C=O) groups is 2. The number of ketones is 1.